The van der Waals surface area contributed by atoms with Gasteiger partial charge in [0.05, 0.1) is 23.4 Å². The molecule has 1 aliphatic rings. The monoisotopic (exact) mass is 509 g/mol. The first-order chi connectivity index (χ1) is 15.2. The Morgan fingerprint density at radius 1 is 1.16 bits per heavy atom. The molecule has 2 aromatic carbocycles. The van der Waals surface area contributed by atoms with Crippen LogP contribution in [0.25, 0.3) is 10.2 Å². The van der Waals surface area contributed by atoms with Gasteiger partial charge in [-0.15, -0.1) is 35.9 Å². The number of rotatable bonds is 9. The predicted octanol–water partition coefficient (Wildman–Crippen LogP) is 5.29. The maximum atomic E-state index is 13.3. The molecule has 1 saturated heterocycles. The number of morpholine rings is 1. The summed E-state index contributed by atoms with van der Waals surface area (Å²) in [6.45, 7) is 4.86. The van der Waals surface area contributed by atoms with Gasteiger partial charge in [0.2, 0.25) is 5.91 Å². The average molecular weight is 510 g/mol. The van der Waals surface area contributed by atoms with Crippen molar-refractivity contribution < 1.29 is 9.53 Å². The fourth-order valence-electron chi connectivity index (χ4n) is 3.49. The lowest BCUT2D eigenvalue weighted by Crippen LogP contribution is -2.43. The Morgan fingerprint density at radius 3 is 2.69 bits per heavy atom. The molecule has 1 fully saturated rings. The molecule has 172 valence electrons. The Labute approximate surface area is 208 Å². The van der Waals surface area contributed by atoms with Gasteiger partial charge in [0.15, 0.2) is 5.13 Å². The number of carbonyl (C=O) groups excluding carboxylic acids is 1. The lowest BCUT2D eigenvalue weighted by Gasteiger charge is -2.29. The molecule has 2 heterocycles. The number of anilines is 1. The molecule has 5 nitrogen and oxygen atoms in total. The van der Waals surface area contributed by atoms with Gasteiger partial charge < -0.3 is 4.74 Å². The third-order valence-electron chi connectivity index (χ3n) is 5.19. The number of fused-ring (bicyclic) bond motifs is 1. The van der Waals surface area contributed by atoms with Crippen LogP contribution in [0, 0.1) is 0 Å². The van der Waals surface area contributed by atoms with E-state index in [1.165, 1.54) is 4.90 Å². The number of para-hydroxylation sites is 1. The fraction of sp³-hybridized carbons (Fsp3) is 0.391. The number of benzene rings is 2. The molecule has 1 aliphatic heterocycles. The minimum absolute atomic E-state index is 0. The molecule has 9 heteroatoms. The van der Waals surface area contributed by atoms with Crippen molar-refractivity contribution in [2.75, 3.05) is 56.3 Å². The molecule has 0 unspecified atom stereocenters. The number of ether oxygens (including phenoxy) is 1. The van der Waals surface area contributed by atoms with Crippen LogP contribution in [0.3, 0.4) is 0 Å². The second kappa shape index (κ2) is 12.8. The van der Waals surface area contributed by atoms with Crippen molar-refractivity contribution in [2.24, 2.45) is 0 Å². The van der Waals surface area contributed by atoms with Gasteiger partial charge in [0.25, 0.3) is 0 Å². The fourth-order valence-corrected chi connectivity index (χ4v) is 6.02. The summed E-state index contributed by atoms with van der Waals surface area (Å²) < 4.78 is 6.59. The quantitative estimate of drug-likeness (QED) is 0.365. The third kappa shape index (κ3) is 6.62. The number of amides is 1. The molecule has 1 aromatic heterocycles. The first-order valence-corrected chi connectivity index (χ1v) is 13.5. The van der Waals surface area contributed by atoms with E-state index in [2.05, 4.69) is 41.5 Å². The topological polar surface area (TPSA) is 45.7 Å². The molecular weight excluding hydrogens is 482 g/mol. The van der Waals surface area contributed by atoms with E-state index in [0.29, 0.717) is 13.0 Å². The van der Waals surface area contributed by atoms with Crippen molar-refractivity contribution >= 4 is 68.5 Å². The van der Waals surface area contributed by atoms with E-state index in [1.54, 1.807) is 34.9 Å². The van der Waals surface area contributed by atoms with Crippen LogP contribution in [-0.2, 0) is 9.53 Å². The highest BCUT2D eigenvalue weighted by atomic mass is 35.5. The van der Waals surface area contributed by atoms with Crippen molar-refractivity contribution in [2.45, 2.75) is 16.2 Å². The molecule has 1 amide bonds. The molecule has 0 atom stereocenters. The van der Waals surface area contributed by atoms with Crippen LogP contribution in [0.5, 0.6) is 0 Å². The maximum absolute atomic E-state index is 13.3. The minimum Gasteiger partial charge on any atom is -0.379 e. The normalized spacial score (nSPS) is 14.3. The van der Waals surface area contributed by atoms with E-state index in [1.807, 2.05) is 23.1 Å². The smallest absolute Gasteiger partial charge is 0.229 e. The summed E-state index contributed by atoms with van der Waals surface area (Å²) in [5.74, 6) is 0.902. The third-order valence-corrected chi connectivity index (χ3v) is 8.02. The summed E-state index contributed by atoms with van der Waals surface area (Å²) in [5, 5.41) is 0.805. The van der Waals surface area contributed by atoms with Crippen molar-refractivity contribution in [1.29, 1.82) is 0 Å². The Hall–Kier alpha value is -1.29. The highest BCUT2D eigenvalue weighted by molar-refractivity contribution is 7.99. The van der Waals surface area contributed by atoms with E-state index in [4.69, 9.17) is 9.72 Å². The van der Waals surface area contributed by atoms with Crippen molar-refractivity contribution in [3.8, 4) is 0 Å². The van der Waals surface area contributed by atoms with Crippen LogP contribution in [0.15, 0.2) is 58.3 Å². The Morgan fingerprint density at radius 2 is 1.94 bits per heavy atom. The summed E-state index contributed by atoms with van der Waals surface area (Å²) >= 11 is 5.03. The zero-order valence-corrected chi connectivity index (χ0v) is 21.3. The standard InChI is InChI=1S/C23H27N3O2S3.ClH/c1-29-19-8-5-9-20-22(19)24-23(31-20)26(12-11-25-13-15-28-16-14-25)21(27)10-17-30-18-6-3-2-4-7-18;/h2-9H,10-17H2,1H3;1H. The van der Waals surface area contributed by atoms with Crippen molar-refractivity contribution in [3.63, 3.8) is 0 Å². The SMILES string of the molecule is CSc1cccc2sc(N(CCN3CCOCC3)C(=O)CCSc3ccccc3)nc12.Cl. The van der Waals surface area contributed by atoms with E-state index >= 15 is 0 Å². The second-order valence-corrected chi connectivity index (χ2v) is 10.2. The van der Waals surface area contributed by atoms with Gasteiger partial charge in [-0.3, -0.25) is 14.6 Å². The van der Waals surface area contributed by atoms with Gasteiger partial charge in [-0.1, -0.05) is 35.6 Å². The van der Waals surface area contributed by atoms with Crippen LogP contribution < -0.4 is 4.90 Å². The van der Waals surface area contributed by atoms with Crippen molar-refractivity contribution in [3.05, 3.63) is 48.5 Å². The first kappa shape index (κ1) is 25.3. The van der Waals surface area contributed by atoms with Gasteiger partial charge in [-0.05, 0) is 30.5 Å². The van der Waals surface area contributed by atoms with E-state index in [0.717, 1.165) is 58.8 Å². The molecule has 0 N–H and O–H groups in total. The van der Waals surface area contributed by atoms with E-state index in [9.17, 15) is 4.79 Å². The first-order valence-electron chi connectivity index (χ1n) is 10.5. The molecule has 0 aliphatic carbocycles. The number of aromatic nitrogens is 1. The Balaban J connectivity index is 0.00000289. The van der Waals surface area contributed by atoms with Crippen LogP contribution >= 0.6 is 47.3 Å². The van der Waals surface area contributed by atoms with E-state index in [-0.39, 0.29) is 18.3 Å². The minimum atomic E-state index is 0. The maximum Gasteiger partial charge on any atom is 0.229 e. The van der Waals surface area contributed by atoms with Crippen LogP contribution in [0.2, 0.25) is 0 Å². The number of nitrogens with zero attached hydrogens (tertiary/aromatic N) is 3. The zero-order chi connectivity index (χ0) is 21.5. The highest BCUT2D eigenvalue weighted by Gasteiger charge is 2.22. The van der Waals surface area contributed by atoms with Crippen LogP contribution in [0.1, 0.15) is 6.42 Å². The summed E-state index contributed by atoms with van der Waals surface area (Å²) in [6.07, 6.45) is 2.56. The second-order valence-electron chi connectivity index (χ2n) is 7.21. The van der Waals surface area contributed by atoms with Gasteiger partial charge >= 0.3 is 0 Å². The summed E-state index contributed by atoms with van der Waals surface area (Å²) in [5.41, 5.74) is 0.998. The molecule has 0 saturated carbocycles. The summed E-state index contributed by atoms with van der Waals surface area (Å²) in [7, 11) is 0. The lowest BCUT2D eigenvalue weighted by atomic mass is 10.3. The summed E-state index contributed by atoms with van der Waals surface area (Å²) in [6, 6.07) is 16.5. The number of halogens is 1. The largest absolute Gasteiger partial charge is 0.379 e. The van der Waals surface area contributed by atoms with Crippen LogP contribution in [-0.4, -0.2) is 67.2 Å². The number of hydrogen-bond acceptors (Lipinski definition) is 7. The summed E-state index contributed by atoms with van der Waals surface area (Å²) in [4.78, 5) is 24.8. The van der Waals surface area contributed by atoms with Gasteiger partial charge in [0.1, 0.15) is 0 Å². The molecule has 4 rings (SSSR count). The van der Waals surface area contributed by atoms with Crippen LogP contribution in [0.4, 0.5) is 5.13 Å². The molecule has 0 radical (unpaired) electrons. The van der Waals surface area contributed by atoms with E-state index < -0.39 is 0 Å². The molecule has 0 spiro atoms. The number of thiazole rings is 1. The predicted molar refractivity (Wildman–Crippen MR) is 140 cm³/mol. The van der Waals surface area contributed by atoms with Crippen molar-refractivity contribution in [1.82, 2.24) is 9.88 Å². The lowest BCUT2D eigenvalue weighted by molar-refractivity contribution is -0.118. The number of thioether (sulfide) groups is 2. The number of hydrogen-bond donors (Lipinski definition) is 0. The molecule has 3 aromatic rings. The molecule has 0 bridgehead atoms. The average Bonchev–Trinajstić information content (AvgIpc) is 3.24. The zero-order valence-electron chi connectivity index (χ0n) is 18.1. The molecular formula is C23H28ClN3O2S3. The number of carbonyl (C=O) groups is 1. The Kier molecular flexibility index (Phi) is 10.1. The van der Waals surface area contributed by atoms with Gasteiger partial charge in [-0.2, -0.15) is 0 Å². The Bertz CT molecular complexity index is 997. The van der Waals surface area contributed by atoms with Gasteiger partial charge in [0, 0.05) is 48.1 Å². The molecule has 32 heavy (non-hydrogen) atoms. The highest BCUT2D eigenvalue weighted by Crippen LogP contribution is 2.34. The van der Waals surface area contributed by atoms with Gasteiger partial charge in [-0.25, -0.2) is 4.98 Å².